The van der Waals surface area contributed by atoms with Gasteiger partial charge < -0.3 is 4.90 Å². The van der Waals surface area contributed by atoms with Crippen LogP contribution >= 0.6 is 15.9 Å². The van der Waals surface area contributed by atoms with E-state index < -0.39 is 0 Å². The van der Waals surface area contributed by atoms with E-state index in [1.807, 2.05) is 0 Å². The van der Waals surface area contributed by atoms with Gasteiger partial charge in [0.15, 0.2) is 0 Å². The number of halogens is 1. The van der Waals surface area contributed by atoms with Crippen molar-refractivity contribution in [3.63, 3.8) is 0 Å². The third-order valence-electron chi connectivity index (χ3n) is 6.82. The first-order chi connectivity index (χ1) is 16.8. The van der Waals surface area contributed by atoms with Crippen molar-refractivity contribution in [3.8, 4) is 22.3 Å². The number of hydrogen-bond donors (Lipinski definition) is 0. The highest BCUT2D eigenvalue weighted by Gasteiger charge is 2.26. The Balaban J connectivity index is 1.52. The standard InChI is InChI=1S/C32H20BrN/c33-26-15-11-22(12-16-26)25-14-18-30-29(20-25)28-9-3-7-23-8-4-10-31(32(23)28)34(30)27-17-13-21-5-1-2-6-24(21)19-27/h1-20H. The van der Waals surface area contributed by atoms with Crippen LogP contribution in [0.5, 0.6) is 0 Å². The molecule has 0 N–H and O–H groups in total. The zero-order valence-electron chi connectivity index (χ0n) is 18.4. The second kappa shape index (κ2) is 7.58. The summed E-state index contributed by atoms with van der Waals surface area (Å²) in [5.41, 5.74) is 8.61. The molecule has 0 spiro atoms. The highest BCUT2D eigenvalue weighted by atomic mass is 79.9. The van der Waals surface area contributed by atoms with Crippen molar-refractivity contribution in [1.29, 1.82) is 0 Å². The van der Waals surface area contributed by atoms with Crippen LogP contribution in [0.4, 0.5) is 17.1 Å². The summed E-state index contributed by atoms with van der Waals surface area (Å²) in [4.78, 5) is 2.42. The van der Waals surface area contributed by atoms with Gasteiger partial charge in [0.2, 0.25) is 0 Å². The van der Waals surface area contributed by atoms with Crippen LogP contribution in [0.25, 0.3) is 43.8 Å². The van der Waals surface area contributed by atoms with E-state index >= 15 is 0 Å². The van der Waals surface area contributed by atoms with Crippen molar-refractivity contribution >= 4 is 54.5 Å². The summed E-state index contributed by atoms with van der Waals surface area (Å²) in [7, 11) is 0. The Hall–Kier alpha value is -3.88. The molecule has 1 aliphatic rings. The van der Waals surface area contributed by atoms with Crippen LogP contribution in [-0.2, 0) is 0 Å². The van der Waals surface area contributed by atoms with E-state index in [-0.39, 0.29) is 0 Å². The summed E-state index contributed by atoms with van der Waals surface area (Å²) in [5.74, 6) is 0. The van der Waals surface area contributed by atoms with Gasteiger partial charge in [-0.2, -0.15) is 0 Å². The van der Waals surface area contributed by atoms with Gasteiger partial charge in [0, 0.05) is 21.1 Å². The molecule has 1 nitrogen and oxygen atoms in total. The van der Waals surface area contributed by atoms with Crippen LogP contribution in [0.15, 0.2) is 126 Å². The first-order valence-corrected chi connectivity index (χ1v) is 12.3. The minimum atomic E-state index is 1.09. The Morgan fingerprint density at radius 3 is 2.06 bits per heavy atom. The number of nitrogens with zero attached hydrogens (tertiary/aromatic N) is 1. The molecule has 0 saturated carbocycles. The van der Waals surface area contributed by atoms with E-state index in [1.165, 1.54) is 60.9 Å². The molecule has 2 heteroatoms. The summed E-state index contributed by atoms with van der Waals surface area (Å²) >= 11 is 3.56. The second-order valence-electron chi connectivity index (χ2n) is 8.79. The molecule has 0 fully saturated rings. The molecule has 1 heterocycles. The van der Waals surface area contributed by atoms with E-state index in [9.17, 15) is 0 Å². The molecule has 160 valence electrons. The maximum absolute atomic E-state index is 3.56. The van der Waals surface area contributed by atoms with Crippen molar-refractivity contribution in [1.82, 2.24) is 0 Å². The SMILES string of the molecule is Brc1ccc(-c2ccc3c(c2)-c2cccc4cccc(c24)N3c2ccc3ccccc3c2)cc1. The number of hydrogen-bond acceptors (Lipinski definition) is 1. The van der Waals surface area contributed by atoms with E-state index in [0.717, 1.165) is 4.47 Å². The van der Waals surface area contributed by atoms with Gasteiger partial charge >= 0.3 is 0 Å². The molecule has 0 radical (unpaired) electrons. The van der Waals surface area contributed by atoms with Crippen LogP contribution in [-0.4, -0.2) is 0 Å². The monoisotopic (exact) mass is 497 g/mol. The lowest BCUT2D eigenvalue weighted by Gasteiger charge is -2.34. The van der Waals surface area contributed by atoms with Gasteiger partial charge in [-0.15, -0.1) is 0 Å². The topological polar surface area (TPSA) is 3.24 Å². The molecule has 0 bridgehead atoms. The first-order valence-electron chi connectivity index (χ1n) is 11.5. The summed E-state index contributed by atoms with van der Waals surface area (Å²) < 4.78 is 1.09. The largest absolute Gasteiger partial charge is 0.309 e. The lowest BCUT2D eigenvalue weighted by Crippen LogP contribution is -2.15. The Bertz CT molecular complexity index is 1710. The van der Waals surface area contributed by atoms with Crippen molar-refractivity contribution in [3.05, 3.63) is 126 Å². The van der Waals surface area contributed by atoms with Crippen molar-refractivity contribution in [2.24, 2.45) is 0 Å². The molecule has 7 rings (SSSR count). The number of fused-ring (bicyclic) bond motifs is 3. The minimum absolute atomic E-state index is 1.09. The van der Waals surface area contributed by atoms with Crippen LogP contribution in [0, 0.1) is 0 Å². The summed E-state index contributed by atoms with van der Waals surface area (Å²) in [6.07, 6.45) is 0. The van der Waals surface area contributed by atoms with Gasteiger partial charge in [0.05, 0.1) is 11.4 Å². The zero-order valence-corrected chi connectivity index (χ0v) is 20.0. The molecular formula is C32H20BrN. The highest BCUT2D eigenvalue weighted by molar-refractivity contribution is 9.10. The van der Waals surface area contributed by atoms with Gasteiger partial charge in [0.25, 0.3) is 0 Å². The lowest BCUT2D eigenvalue weighted by atomic mass is 9.89. The Labute approximate surface area is 207 Å². The molecule has 0 saturated heterocycles. The molecule has 34 heavy (non-hydrogen) atoms. The lowest BCUT2D eigenvalue weighted by molar-refractivity contribution is 1.29. The highest BCUT2D eigenvalue weighted by Crippen LogP contribution is 2.51. The maximum Gasteiger partial charge on any atom is 0.0546 e. The third kappa shape index (κ3) is 2.99. The normalized spacial score (nSPS) is 12.2. The van der Waals surface area contributed by atoms with E-state index in [0.29, 0.717) is 0 Å². The second-order valence-corrected chi connectivity index (χ2v) is 9.70. The van der Waals surface area contributed by atoms with Gasteiger partial charge in [-0.3, -0.25) is 0 Å². The zero-order chi connectivity index (χ0) is 22.6. The number of rotatable bonds is 2. The van der Waals surface area contributed by atoms with Crippen LogP contribution in [0.2, 0.25) is 0 Å². The first kappa shape index (κ1) is 19.6. The van der Waals surface area contributed by atoms with Crippen molar-refractivity contribution in [2.45, 2.75) is 0 Å². The van der Waals surface area contributed by atoms with E-state index in [2.05, 4.69) is 142 Å². The van der Waals surface area contributed by atoms with Gasteiger partial charge in [-0.1, -0.05) is 94.8 Å². The quantitative estimate of drug-likeness (QED) is 0.229. The Morgan fingerprint density at radius 2 is 1.21 bits per heavy atom. The molecule has 0 aromatic heterocycles. The smallest absolute Gasteiger partial charge is 0.0546 e. The van der Waals surface area contributed by atoms with Gasteiger partial charge in [-0.25, -0.2) is 0 Å². The molecule has 6 aromatic carbocycles. The summed E-state index contributed by atoms with van der Waals surface area (Å²) in [6.45, 7) is 0. The summed E-state index contributed by atoms with van der Waals surface area (Å²) in [5, 5.41) is 5.07. The summed E-state index contributed by atoms with van der Waals surface area (Å²) in [6, 6.07) is 44.0. The molecule has 6 aromatic rings. The molecule has 1 aliphatic heterocycles. The predicted octanol–water partition coefficient (Wildman–Crippen LogP) is 9.87. The van der Waals surface area contributed by atoms with Crippen molar-refractivity contribution < 1.29 is 0 Å². The number of anilines is 3. The van der Waals surface area contributed by atoms with E-state index in [4.69, 9.17) is 0 Å². The average molecular weight is 498 g/mol. The maximum atomic E-state index is 3.56. The predicted molar refractivity (Wildman–Crippen MR) is 148 cm³/mol. The van der Waals surface area contributed by atoms with Crippen LogP contribution < -0.4 is 4.90 Å². The fraction of sp³-hybridized carbons (Fsp3) is 0. The Morgan fingerprint density at radius 1 is 0.471 bits per heavy atom. The molecule has 0 unspecified atom stereocenters. The minimum Gasteiger partial charge on any atom is -0.309 e. The van der Waals surface area contributed by atoms with Crippen LogP contribution in [0.1, 0.15) is 0 Å². The molecular weight excluding hydrogens is 478 g/mol. The average Bonchev–Trinajstić information content (AvgIpc) is 2.89. The van der Waals surface area contributed by atoms with E-state index in [1.54, 1.807) is 0 Å². The number of benzene rings is 6. The van der Waals surface area contributed by atoms with Gasteiger partial charge in [0.1, 0.15) is 0 Å². The molecule has 0 atom stereocenters. The fourth-order valence-corrected chi connectivity index (χ4v) is 5.49. The van der Waals surface area contributed by atoms with Crippen LogP contribution in [0.3, 0.4) is 0 Å². The van der Waals surface area contributed by atoms with Gasteiger partial charge in [-0.05, 0) is 75.3 Å². The third-order valence-corrected chi connectivity index (χ3v) is 7.35. The molecule has 0 aliphatic carbocycles. The fourth-order valence-electron chi connectivity index (χ4n) is 5.22. The molecule has 0 amide bonds. The Kier molecular flexibility index (Phi) is 4.36. The van der Waals surface area contributed by atoms with Crippen molar-refractivity contribution in [2.75, 3.05) is 4.90 Å².